The predicted octanol–water partition coefficient (Wildman–Crippen LogP) is 1.93. The van der Waals surface area contributed by atoms with Crippen LogP contribution in [0.5, 0.6) is 0 Å². The van der Waals surface area contributed by atoms with Crippen molar-refractivity contribution in [1.82, 2.24) is 15.1 Å². The summed E-state index contributed by atoms with van der Waals surface area (Å²) in [5.74, 6) is 0.145. The number of hydrogen-bond acceptors (Lipinski definition) is 7. The van der Waals surface area contributed by atoms with Crippen LogP contribution in [0.2, 0.25) is 0 Å². The fourth-order valence-corrected chi connectivity index (χ4v) is 3.74. The molecule has 9 heteroatoms. The molecule has 0 aliphatic carbocycles. The zero-order chi connectivity index (χ0) is 19.9. The van der Waals surface area contributed by atoms with Gasteiger partial charge in [0.1, 0.15) is 5.04 Å². The lowest BCUT2D eigenvalue weighted by Crippen LogP contribution is -2.52. The van der Waals surface area contributed by atoms with Crippen LogP contribution in [0.3, 0.4) is 0 Å². The molecule has 2 aliphatic heterocycles. The van der Waals surface area contributed by atoms with Crippen LogP contribution >= 0.6 is 11.8 Å². The van der Waals surface area contributed by atoms with E-state index in [1.165, 1.54) is 30.6 Å². The minimum absolute atomic E-state index is 0.145. The van der Waals surface area contributed by atoms with Gasteiger partial charge in [-0.05, 0) is 17.3 Å². The van der Waals surface area contributed by atoms with Gasteiger partial charge in [-0.2, -0.15) is 0 Å². The largest absolute Gasteiger partial charge is 0.481 e. The number of nitrogens with one attached hydrogen (secondary N) is 1. The Morgan fingerprint density at radius 1 is 1.36 bits per heavy atom. The van der Waals surface area contributed by atoms with E-state index < -0.39 is 0 Å². The summed E-state index contributed by atoms with van der Waals surface area (Å²) in [6.45, 7) is 7.45. The number of benzene rings is 1. The van der Waals surface area contributed by atoms with Crippen LogP contribution in [0.15, 0.2) is 64.7 Å². The first-order valence-corrected chi connectivity index (χ1v) is 9.74. The standard InChI is InChI=1S/C19H24N6O2S/c1-3-21-17-15(16(20)27-2)22-18(28-17)23-19(26)25-11-9-24(10-12-25)13-14-7-5-4-6-8-14/h3-8H,1,9-13,20H2,2H3,(H,22,23,26)/b16-15-,21-17+. The van der Waals surface area contributed by atoms with Crippen LogP contribution in [-0.4, -0.2) is 59.3 Å². The molecule has 148 valence electrons. The molecule has 1 fully saturated rings. The number of nitrogens with two attached hydrogens (primary N) is 1. The average Bonchev–Trinajstić information content (AvgIpc) is 3.11. The van der Waals surface area contributed by atoms with Crippen LogP contribution in [-0.2, 0) is 11.3 Å². The number of thioether (sulfide) groups is 1. The van der Waals surface area contributed by atoms with Crippen molar-refractivity contribution in [1.29, 1.82) is 0 Å². The number of nitrogens with zero attached hydrogens (tertiary/aromatic N) is 4. The normalized spacial score (nSPS) is 20.7. The Labute approximate surface area is 168 Å². The van der Waals surface area contributed by atoms with Crippen LogP contribution in [0.25, 0.3) is 0 Å². The zero-order valence-electron chi connectivity index (χ0n) is 15.8. The summed E-state index contributed by atoms with van der Waals surface area (Å²) in [4.78, 5) is 25.2. The molecular weight excluding hydrogens is 376 g/mol. The second-order valence-electron chi connectivity index (χ2n) is 6.23. The Bertz CT molecular complexity index is 813. The highest BCUT2D eigenvalue weighted by Gasteiger charge is 2.27. The van der Waals surface area contributed by atoms with Crippen LogP contribution in [0.4, 0.5) is 4.79 Å². The first-order valence-electron chi connectivity index (χ1n) is 8.92. The zero-order valence-corrected chi connectivity index (χ0v) is 16.6. The lowest BCUT2D eigenvalue weighted by Gasteiger charge is -2.34. The fraction of sp³-hybridized carbons (Fsp3) is 0.316. The molecule has 1 saturated heterocycles. The van der Waals surface area contributed by atoms with Gasteiger partial charge >= 0.3 is 6.03 Å². The third-order valence-electron chi connectivity index (χ3n) is 4.39. The second-order valence-corrected chi connectivity index (χ2v) is 7.21. The molecular formula is C19H24N6O2S. The molecule has 1 aromatic carbocycles. The van der Waals surface area contributed by atoms with E-state index in [0.717, 1.165) is 19.6 Å². The Balaban J connectivity index is 1.55. The topological polar surface area (TPSA) is 95.6 Å². The quantitative estimate of drug-likeness (QED) is 0.753. The summed E-state index contributed by atoms with van der Waals surface area (Å²) in [7, 11) is 1.46. The third kappa shape index (κ3) is 4.93. The highest BCUT2D eigenvalue weighted by molar-refractivity contribution is 8.27. The fourth-order valence-electron chi connectivity index (χ4n) is 2.91. The number of amides is 2. The maximum absolute atomic E-state index is 12.6. The number of ether oxygens (including phenoxy) is 1. The van der Waals surface area contributed by atoms with Gasteiger partial charge in [-0.3, -0.25) is 10.2 Å². The highest BCUT2D eigenvalue weighted by Crippen LogP contribution is 2.25. The van der Waals surface area contributed by atoms with E-state index in [2.05, 4.69) is 38.9 Å². The molecule has 0 unspecified atom stereocenters. The Morgan fingerprint density at radius 2 is 2.07 bits per heavy atom. The Kier molecular flexibility index (Phi) is 6.72. The molecule has 3 N–H and O–H groups in total. The summed E-state index contributed by atoms with van der Waals surface area (Å²) in [5, 5.41) is 3.79. The molecule has 1 aromatic rings. The van der Waals surface area contributed by atoms with Crippen molar-refractivity contribution in [3.8, 4) is 0 Å². The van der Waals surface area contributed by atoms with E-state index in [4.69, 9.17) is 10.5 Å². The lowest BCUT2D eigenvalue weighted by molar-refractivity contribution is 0.138. The number of amidine groups is 1. The van der Waals surface area contributed by atoms with E-state index in [1.807, 2.05) is 18.2 Å². The van der Waals surface area contributed by atoms with Gasteiger partial charge in [-0.1, -0.05) is 36.9 Å². The number of hydrogen-bond donors (Lipinski definition) is 2. The monoisotopic (exact) mass is 400 g/mol. The summed E-state index contributed by atoms with van der Waals surface area (Å²) in [5.41, 5.74) is 7.48. The van der Waals surface area contributed by atoms with Crippen molar-refractivity contribution in [2.24, 2.45) is 15.7 Å². The summed E-state index contributed by atoms with van der Waals surface area (Å²) >= 11 is 1.22. The molecule has 2 heterocycles. The Hall–Kier alpha value is -2.78. The molecule has 0 aromatic heterocycles. The number of methoxy groups -OCH3 is 1. The maximum atomic E-state index is 12.6. The summed E-state index contributed by atoms with van der Waals surface area (Å²) < 4.78 is 5.03. The molecule has 0 radical (unpaired) electrons. The minimum Gasteiger partial charge on any atom is -0.481 e. The highest BCUT2D eigenvalue weighted by atomic mass is 32.2. The van der Waals surface area contributed by atoms with Gasteiger partial charge in [0.25, 0.3) is 0 Å². The average molecular weight is 401 g/mol. The van der Waals surface area contributed by atoms with Crippen LogP contribution < -0.4 is 11.1 Å². The Morgan fingerprint density at radius 3 is 2.71 bits per heavy atom. The van der Waals surface area contributed by atoms with Crippen molar-refractivity contribution >= 4 is 28.0 Å². The SMILES string of the molecule is C=C/N=C1/SC(NC(=O)N2CCN(Cc3ccccc3)CC2)=N/C1=C(/N)OC. The van der Waals surface area contributed by atoms with Gasteiger partial charge in [0.05, 0.1) is 7.11 Å². The number of urea groups is 1. The van der Waals surface area contributed by atoms with Gasteiger partial charge < -0.3 is 15.4 Å². The van der Waals surface area contributed by atoms with Gasteiger partial charge in [0.15, 0.2) is 10.9 Å². The van der Waals surface area contributed by atoms with Crippen LogP contribution in [0, 0.1) is 0 Å². The number of carbonyl (C=O) groups is 1. The number of carbonyl (C=O) groups excluding carboxylic acids is 1. The molecule has 28 heavy (non-hydrogen) atoms. The van der Waals surface area contributed by atoms with Crippen molar-refractivity contribution in [2.45, 2.75) is 6.54 Å². The lowest BCUT2D eigenvalue weighted by atomic mass is 10.2. The molecule has 0 saturated carbocycles. The number of piperazine rings is 1. The predicted molar refractivity (Wildman–Crippen MR) is 113 cm³/mol. The molecule has 0 spiro atoms. The molecule has 2 amide bonds. The van der Waals surface area contributed by atoms with Gasteiger partial charge in [-0.25, -0.2) is 14.8 Å². The number of aliphatic imine (C=N–C) groups is 2. The van der Waals surface area contributed by atoms with Gasteiger partial charge in [0.2, 0.25) is 5.88 Å². The summed E-state index contributed by atoms with van der Waals surface area (Å²) in [6.07, 6.45) is 1.40. The van der Waals surface area contributed by atoms with Crippen LogP contribution in [0.1, 0.15) is 5.56 Å². The van der Waals surface area contributed by atoms with E-state index in [0.29, 0.717) is 29.0 Å². The van der Waals surface area contributed by atoms with Gasteiger partial charge in [-0.15, -0.1) is 0 Å². The van der Waals surface area contributed by atoms with Crippen molar-refractivity contribution in [3.05, 3.63) is 60.3 Å². The first-order chi connectivity index (χ1) is 13.6. The molecule has 3 rings (SSSR count). The van der Waals surface area contributed by atoms with E-state index >= 15 is 0 Å². The molecule has 0 atom stereocenters. The van der Waals surface area contributed by atoms with E-state index in [-0.39, 0.29) is 11.9 Å². The molecule has 2 aliphatic rings. The molecule has 8 nitrogen and oxygen atoms in total. The smallest absolute Gasteiger partial charge is 0.323 e. The second kappa shape index (κ2) is 9.43. The minimum atomic E-state index is -0.180. The van der Waals surface area contributed by atoms with Crippen molar-refractivity contribution in [3.63, 3.8) is 0 Å². The summed E-state index contributed by atoms with van der Waals surface area (Å²) in [6, 6.07) is 10.2. The first kappa shape index (κ1) is 20.0. The number of rotatable bonds is 4. The molecule has 0 bridgehead atoms. The van der Waals surface area contributed by atoms with Crippen molar-refractivity contribution in [2.75, 3.05) is 33.3 Å². The maximum Gasteiger partial charge on any atom is 0.323 e. The van der Waals surface area contributed by atoms with Gasteiger partial charge in [0, 0.05) is 38.9 Å². The van der Waals surface area contributed by atoms with Crippen molar-refractivity contribution < 1.29 is 9.53 Å². The third-order valence-corrected chi connectivity index (χ3v) is 5.27. The van der Waals surface area contributed by atoms with E-state index in [9.17, 15) is 4.79 Å². The van der Waals surface area contributed by atoms with E-state index in [1.54, 1.807) is 4.90 Å².